The number of aliphatic carboxylic acids is 1. The number of ether oxygens (including phenoxy) is 1. The number of para-hydroxylation sites is 1. The van der Waals surface area contributed by atoms with Gasteiger partial charge in [-0.3, -0.25) is 4.79 Å². The molecule has 1 fully saturated rings. The first-order chi connectivity index (χ1) is 13.6. The number of methoxy groups -OCH3 is 1. The van der Waals surface area contributed by atoms with Crippen LogP contribution in [-0.2, 0) is 16.0 Å². The molecule has 0 spiro atoms. The quantitative estimate of drug-likeness (QED) is 0.589. The Bertz CT molecular complexity index is 1030. The smallest absolute Gasteiger partial charge is 0.326 e. The number of carboxylic acids is 1. The zero-order valence-corrected chi connectivity index (χ0v) is 15.5. The van der Waals surface area contributed by atoms with E-state index < -0.39 is 12.0 Å². The lowest BCUT2D eigenvalue weighted by molar-refractivity contribution is -0.142. The van der Waals surface area contributed by atoms with E-state index in [1.807, 2.05) is 54.7 Å². The Morgan fingerprint density at radius 1 is 1.25 bits per heavy atom. The van der Waals surface area contributed by atoms with E-state index in [0.29, 0.717) is 0 Å². The van der Waals surface area contributed by atoms with Crippen LogP contribution in [0.15, 0.2) is 54.7 Å². The van der Waals surface area contributed by atoms with Crippen LogP contribution in [0, 0.1) is 5.92 Å². The molecule has 1 aliphatic carbocycles. The standard InChI is InChI=1S/C22H22N2O4/c1-28-15-6-4-5-13(9-15)17-11-18(17)21(25)24-20(22(26)27)10-14-12-23-19-8-3-2-7-16(14)19/h2-9,12,17-18,20,23H,10-11H2,1H3,(H,24,25)(H,26,27)/t17-,18-,20+/m0/s1. The molecule has 3 atom stereocenters. The maximum Gasteiger partial charge on any atom is 0.326 e. The summed E-state index contributed by atoms with van der Waals surface area (Å²) in [5.74, 6) is -0.571. The summed E-state index contributed by atoms with van der Waals surface area (Å²) in [6.45, 7) is 0. The van der Waals surface area contributed by atoms with E-state index in [0.717, 1.165) is 34.2 Å². The first kappa shape index (κ1) is 18.1. The Labute approximate surface area is 162 Å². The fourth-order valence-electron chi connectivity index (χ4n) is 3.72. The Hall–Kier alpha value is -3.28. The van der Waals surface area contributed by atoms with Crippen LogP contribution in [0.1, 0.15) is 23.5 Å². The topological polar surface area (TPSA) is 91.4 Å². The van der Waals surface area contributed by atoms with Gasteiger partial charge in [0.2, 0.25) is 5.91 Å². The molecule has 1 heterocycles. The van der Waals surface area contributed by atoms with Gasteiger partial charge in [-0.1, -0.05) is 30.3 Å². The molecule has 0 saturated heterocycles. The highest BCUT2D eigenvalue weighted by Crippen LogP contribution is 2.48. The Morgan fingerprint density at radius 3 is 2.86 bits per heavy atom. The van der Waals surface area contributed by atoms with Crippen molar-refractivity contribution in [2.45, 2.75) is 24.8 Å². The predicted octanol–water partition coefficient (Wildman–Crippen LogP) is 3.09. The van der Waals surface area contributed by atoms with Crippen LogP contribution in [0.5, 0.6) is 5.75 Å². The van der Waals surface area contributed by atoms with Crippen molar-refractivity contribution in [1.29, 1.82) is 0 Å². The van der Waals surface area contributed by atoms with E-state index in [2.05, 4.69) is 10.3 Å². The maximum absolute atomic E-state index is 12.6. The van der Waals surface area contributed by atoms with E-state index in [-0.39, 0.29) is 24.2 Å². The van der Waals surface area contributed by atoms with Gasteiger partial charge in [-0.2, -0.15) is 0 Å². The van der Waals surface area contributed by atoms with Crippen molar-refractivity contribution in [3.05, 3.63) is 65.9 Å². The molecular formula is C22H22N2O4. The van der Waals surface area contributed by atoms with Crippen LogP contribution in [-0.4, -0.2) is 35.1 Å². The lowest BCUT2D eigenvalue weighted by Gasteiger charge is -2.14. The van der Waals surface area contributed by atoms with Crippen molar-refractivity contribution >= 4 is 22.8 Å². The van der Waals surface area contributed by atoms with Gasteiger partial charge in [-0.05, 0) is 41.7 Å². The molecule has 0 radical (unpaired) electrons. The summed E-state index contributed by atoms with van der Waals surface area (Å²) in [6.07, 6.45) is 2.77. The number of carbonyl (C=O) groups excluding carboxylic acids is 1. The molecule has 3 aromatic rings. The van der Waals surface area contributed by atoms with Gasteiger partial charge in [0.05, 0.1) is 7.11 Å². The number of amides is 1. The van der Waals surface area contributed by atoms with Gasteiger partial charge in [0.25, 0.3) is 0 Å². The minimum atomic E-state index is -1.03. The normalized spacial score (nSPS) is 19.2. The maximum atomic E-state index is 12.6. The molecule has 0 aliphatic heterocycles. The molecule has 28 heavy (non-hydrogen) atoms. The molecular weight excluding hydrogens is 356 g/mol. The fraction of sp³-hybridized carbons (Fsp3) is 0.273. The lowest BCUT2D eigenvalue weighted by atomic mass is 10.0. The summed E-state index contributed by atoms with van der Waals surface area (Å²) < 4.78 is 5.24. The summed E-state index contributed by atoms with van der Waals surface area (Å²) in [6, 6.07) is 14.4. The number of aromatic amines is 1. The number of hydrogen-bond donors (Lipinski definition) is 3. The van der Waals surface area contributed by atoms with Gasteiger partial charge in [0, 0.05) is 29.4 Å². The van der Waals surface area contributed by atoms with Crippen LogP contribution in [0.4, 0.5) is 0 Å². The number of aromatic nitrogens is 1. The van der Waals surface area contributed by atoms with Gasteiger partial charge in [-0.15, -0.1) is 0 Å². The van der Waals surface area contributed by atoms with Crippen molar-refractivity contribution < 1.29 is 19.4 Å². The second kappa shape index (κ2) is 7.38. The molecule has 1 saturated carbocycles. The summed E-state index contributed by atoms with van der Waals surface area (Å²) in [4.78, 5) is 27.5. The molecule has 1 amide bonds. The van der Waals surface area contributed by atoms with Crippen molar-refractivity contribution in [2.24, 2.45) is 5.92 Å². The molecule has 1 aliphatic rings. The van der Waals surface area contributed by atoms with Gasteiger partial charge in [0.15, 0.2) is 0 Å². The largest absolute Gasteiger partial charge is 0.497 e. The van der Waals surface area contributed by atoms with Crippen LogP contribution in [0.2, 0.25) is 0 Å². The Morgan fingerprint density at radius 2 is 2.07 bits per heavy atom. The first-order valence-electron chi connectivity index (χ1n) is 9.29. The number of H-pyrrole nitrogens is 1. The number of rotatable bonds is 7. The van der Waals surface area contributed by atoms with Crippen molar-refractivity contribution in [3.8, 4) is 5.75 Å². The lowest BCUT2D eigenvalue weighted by Crippen LogP contribution is -2.43. The van der Waals surface area contributed by atoms with Crippen LogP contribution < -0.4 is 10.1 Å². The Kier molecular flexibility index (Phi) is 4.77. The molecule has 0 bridgehead atoms. The van der Waals surface area contributed by atoms with Crippen molar-refractivity contribution in [1.82, 2.24) is 10.3 Å². The number of carboxylic acid groups (broad SMARTS) is 1. The van der Waals surface area contributed by atoms with Crippen LogP contribution in [0.3, 0.4) is 0 Å². The second-order valence-corrected chi connectivity index (χ2v) is 7.19. The number of hydrogen-bond acceptors (Lipinski definition) is 3. The Balaban J connectivity index is 1.44. The van der Waals surface area contributed by atoms with E-state index in [1.54, 1.807) is 7.11 Å². The zero-order chi connectivity index (χ0) is 19.7. The monoisotopic (exact) mass is 378 g/mol. The van der Waals surface area contributed by atoms with Crippen LogP contribution in [0.25, 0.3) is 10.9 Å². The van der Waals surface area contributed by atoms with E-state index in [4.69, 9.17) is 4.74 Å². The van der Waals surface area contributed by atoms with E-state index >= 15 is 0 Å². The molecule has 2 aromatic carbocycles. The molecule has 6 heteroatoms. The van der Waals surface area contributed by atoms with Crippen LogP contribution >= 0.6 is 0 Å². The minimum Gasteiger partial charge on any atom is -0.497 e. The van der Waals surface area contributed by atoms with E-state index in [1.165, 1.54) is 0 Å². The van der Waals surface area contributed by atoms with Crippen molar-refractivity contribution in [2.75, 3.05) is 7.11 Å². The number of benzene rings is 2. The average Bonchev–Trinajstić information content (AvgIpc) is 3.42. The van der Waals surface area contributed by atoms with E-state index in [9.17, 15) is 14.7 Å². The highest BCUT2D eigenvalue weighted by molar-refractivity contribution is 5.89. The highest BCUT2D eigenvalue weighted by Gasteiger charge is 2.45. The number of nitrogens with one attached hydrogen (secondary N) is 2. The number of carbonyl (C=O) groups is 2. The molecule has 4 rings (SSSR count). The highest BCUT2D eigenvalue weighted by atomic mass is 16.5. The van der Waals surface area contributed by atoms with Gasteiger partial charge >= 0.3 is 5.97 Å². The summed E-state index contributed by atoms with van der Waals surface area (Å²) >= 11 is 0. The molecule has 144 valence electrons. The van der Waals surface area contributed by atoms with Gasteiger partial charge in [0.1, 0.15) is 11.8 Å². The minimum absolute atomic E-state index is 0.109. The van der Waals surface area contributed by atoms with Crippen molar-refractivity contribution in [3.63, 3.8) is 0 Å². The van der Waals surface area contributed by atoms with Gasteiger partial charge < -0.3 is 20.1 Å². The summed E-state index contributed by atoms with van der Waals surface area (Å²) in [7, 11) is 1.61. The predicted molar refractivity (Wildman–Crippen MR) is 105 cm³/mol. The summed E-state index contributed by atoms with van der Waals surface area (Å²) in [5.41, 5.74) is 2.87. The third-order valence-electron chi connectivity index (χ3n) is 5.36. The zero-order valence-electron chi connectivity index (χ0n) is 15.5. The fourth-order valence-corrected chi connectivity index (χ4v) is 3.72. The van der Waals surface area contributed by atoms with Gasteiger partial charge in [-0.25, -0.2) is 4.79 Å². The SMILES string of the molecule is COc1cccc([C@@H]2C[C@@H]2C(=O)N[C@H](Cc2c[nH]c3ccccc23)C(=O)O)c1. The summed E-state index contributed by atoms with van der Waals surface area (Å²) in [5, 5.41) is 13.3. The average molecular weight is 378 g/mol. The number of fused-ring (bicyclic) bond motifs is 1. The third-order valence-corrected chi connectivity index (χ3v) is 5.36. The molecule has 1 aromatic heterocycles. The molecule has 3 N–H and O–H groups in total. The first-order valence-corrected chi connectivity index (χ1v) is 9.29. The third kappa shape index (κ3) is 3.58. The molecule has 0 unspecified atom stereocenters. The second-order valence-electron chi connectivity index (χ2n) is 7.19. The molecule has 6 nitrogen and oxygen atoms in total.